The lowest BCUT2D eigenvalue weighted by molar-refractivity contribution is -0.216. The van der Waals surface area contributed by atoms with Crippen LogP contribution in [0.5, 0.6) is 0 Å². The van der Waals surface area contributed by atoms with Crippen LogP contribution in [0.1, 0.15) is 99.8 Å². The Hall–Kier alpha value is -1.16. The van der Waals surface area contributed by atoms with Gasteiger partial charge in [-0.05, 0) is 91.4 Å². The highest BCUT2D eigenvalue weighted by atomic mass is 16.6. The number of hydrogen-bond donors (Lipinski definition) is 1. The zero-order valence-electron chi connectivity index (χ0n) is 22.3. The molecular weight excluding hydrogens is 424 g/mol. The maximum absolute atomic E-state index is 14.5. The predicted molar refractivity (Wildman–Crippen MR) is 131 cm³/mol. The van der Waals surface area contributed by atoms with Gasteiger partial charge in [0.15, 0.2) is 11.4 Å². The number of esters is 1. The number of aliphatic hydroxyl groups excluding tert-OH is 1. The lowest BCUT2D eigenvalue weighted by Crippen LogP contribution is -2.72. The number of hydrogen-bond acceptors (Lipinski definition) is 4. The SMILES string of the molecule is C[C@H]1[C@H](C)CCC23CC[C@]4(C)C(OC2=O)(C(=O)C=C2[C@@]5(C)CC[C@H](O)C(C)(C)[C@@H]5CC[C@]24C)[C@H]13. The quantitative estimate of drug-likeness (QED) is 0.452. The van der Waals surface area contributed by atoms with Gasteiger partial charge in [0.05, 0.1) is 11.5 Å². The fourth-order valence-electron chi connectivity index (χ4n) is 11.1. The Labute approximate surface area is 205 Å². The molecular formula is C30H44O4. The minimum absolute atomic E-state index is 0.0210. The van der Waals surface area contributed by atoms with E-state index in [0.717, 1.165) is 51.4 Å². The van der Waals surface area contributed by atoms with E-state index in [-0.39, 0.29) is 45.9 Å². The maximum atomic E-state index is 14.5. The summed E-state index contributed by atoms with van der Waals surface area (Å²) in [6, 6.07) is 0. The van der Waals surface area contributed by atoms with Gasteiger partial charge in [-0.25, -0.2) is 0 Å². The highest BCUT2D eigenvalue weighted by Crippen LogP contribution is 2.78. The lowest BCUT2D eigenvalue weighted by atomic mass is 9.33. The number of fused-ring (bicyclic) bond motifs is 4. The molecule has 0 aromatic heterocycles. The third-order valence-electron chi connectivity index (χ3n) is 13.5. The number of ketones is 1. The van der Waals surface area contributed by atoms with Gasteiger partial charge in [0, 0.05) is 11.3 Å². The largest absolute Gasteiger partial charge is 0.449 e. The van der Waals surface area contributed by atoms with E-state index in [9.17, 15) is 14.7 Å². The summed E-state index contributed by atoms with van der Waals surface area (Å²) >= 11 is 0. The van der Waals surface area contributed by atoms with Crippen molar-refractivity contribution >= 4 is 11.8 Å². The van der Waals surface area contributed by atoms with Gasteiger partial charge in [-0.3, -0.25) is 9.59 Å². The molecule has 0 aromatic rings. The first-order valence-electron chi connectivity index (χ1n) is 13.9. The molecule has 10 atom stereocenters. The molecule has 1 spiro atoms. The van der Waals surface area contributed by atoms with E-state index in [1.54, 1.807) is 0 Å². The summed E-state index contributed by atoms with van der Waals surface area (Å²) in [4.78, 5) is 28.2. The second kappa shape index (κ2) is 6.39. The first-order valence-corrected chi connectivity index (χ1v) is 13.9. The number of allylic oxidation sites excluding steroid dienone is 1. The normalized spacial score (nSPS) is 57.5. The van der Waals surface area contributed by atoms with Crippen LogP contribution in [0, 0.1) is 50.7 Å². The number of carbonyl (C=O) groups excluding carboxylic acids is 2. The Morgan fingerprint density at radius 1 is 0.912 bits per heavy atom. The summed E-state index contributed by atoms with van der Waals surface area (Å²) in [5.41, 5.74) is -1.09. The van der Waals surface area contributed by atoms with Crippen LogP contribution in [-0.4, -0.2) is 28.6 Å². The molecule has 1 aliphatic heterocycles. The minimum Gasteiger partial charge on any atom is -0.449 e. The molecule has 2 bridgehead atoms. The van der Waals surface area contributed by atoms with Gasteiger partial charge in [0.25, 0.3) is 0 Å². The second-order valence-electron chi connectivity index (χ2n) is 14.6. The predicted octanol–water partition coefficient (Wildman–Crippen LogP) is 5.86. The van der Waals surface area contributed by atoms with E-state index >= 15 is 0 Å². The Morgan fingerprint density at radius 2 is 1.62 bits per heavy atom. The summed E-state index contributed by atoms with van der Waals surface area (Å²) in [6.45, 7) is 16.1. The highest BCUT2D eigenvalue weighted by Gasteiger charge is 2.83. The van der Waals surface area contributed by atoms with Crippen LogP contribution in [0.2, 0.25) is 0 Å². The Balaban J connectivity index is 1.57. The first kappa shape index (κ1) is 23.3. The van der Waals surface area contributed by atoms with Crippen LogP contribution >= 0.6 is 0 Å². The first-order chi connectivity index (χ1) is 15.7. The molecule has 1 N–H and O–H groups in total. The van der Waals surface area contributed by atoms with E-state index in [4.69, 9.17) is 4.74 Å². The molecule has 1 heterocycles. The van der Waals surface area contributed by atoms with Gasteiger partial charge in [-0.2, -0.15) is 0 Å². The molecule has 2 unspecified atom stereocenters. The third kappa shape index (κ3) is 2.16. The topological polar surface area (TPSA) is 63.6 Å². The van der Waals surface area contributed by atoms with E-state index in [0.29, 0.717) is 11.8 Å². The van der Waals surface area contributed by atoms with Gasteiger partial charge in [0.1, 0.15) is 0 Å². The second-order valence-corrected chi connectivity index (χ2v) is 14.6. The van der Waals surface area contributed by atoms with Gasteiger partial charge < -0.3 is 9.84 Å². The Morgan fingerprint density at radius 3 is 2.32 bits per heavy atom. The standard InChI is InChI=1S/C30H44O4/c1-17-8-13-29-15-14-28(7)27(6)12-9-19-25(3,4)21(31)10-11-26(19,5)20(27)16-22(32)30(28,34-24(29)33)23(29)18(17)2/h16-19,21,23,31H,8-15H2,1-7H3/t17-,18+,19+,21+,23-,26+,27-,28+,29?,30?/m1/s1. The summed E-state index contributed by atoms with van der Waals surface area (Å²) < 4.78 is 6.52. The molecule has 5 aliphatic carbocycles. The van der Waals surface area contributed by atoms with Crippen molar-refractivity contribution in [3.8, 4) is 0 Å². The molecule has 4 saturated carbocycles. The third-order valence-corrected chi connectivity index (χ3v) is 13.5. The van der Waals surface area contributed by atoms with Crippen molar-refractivity contribution in [3.05, 3.63) is 11.6 Å². The van der Waals surface area contributed by atoms with Gasteiger partial charge >= 0.3 is 5.97 Å². The molecule has 1 saturated heterocycles. The zero-order valence-corrected chi connectivity index (χ0v) is 22.3. The maximum Gasteiger partial charge on any atom is 0.313 e. The molecule has 6 aliphatic rings. The Kier molecular flexibility index (Phi) is 4.37. The molecule has 0 amide bonds. The summed E-state index contributed by atoms with van der Waals surface area (Å²) in [5.74, 6) is 1.08. The van der Waals surface area contributed by atoms with Crippen molar-refractivity contribution in [2.45, 2.75) is 112 Å². The van der Waals surface area contributed by atoms with Crippen molar-refractivity contribution in [2.75, 3.05) is 0 Å². The zero-order chi connectivity index (χ0) is 24.7. The fraction of sp³-hybridized carbons (Fsp3) is 0.867. The van der Waals surface area contributed by atoms with Crippen molar-refractivity contribution < 1.29 is 19.4 Å². The smallest absolute Gasteiger partial charge is 0.313 e. The summed E-state index contributed by atoms with van der Waals surface area (Å²) in [7, 11) is 0. The highest BCUT2D eigenvalue weighted by molar-refractivity contribution is 6.05. The monoisotopic (exact) mass is 468 g/mol. The number of ether oxygens (including phenoxy) is 1. The molecule has 0 aromatic carbocycles. The molecule has 0 radical (unpaired) electrons. The molecule has 4 heteroatoms. The molecule has 34 heavy (non-hydrogen) atoms. The van der Waals surface area contributed by atoms with Crippen molar-refractivity contribution in [1.82, 2.24) is 0 Å². The summed E-state index contributed by atoms with van der Waals surface area (Å²) in [5, 5.41) is 10.9. The summed E-state index contributed by atoms with van der Waals surface area (Å²) in [6.07, 6.45) is 9.05. The van der Waals surface area contributed by atoms with E-state index in [2.05, 4.69) is 48.5 Å². The van der Waals surface area contributed by atoms with Gasteiger partial charge in [-0.15, -0.1) is 0 Å². The van der Waals surface area contributed by atoms with Crippen LogP contribution in [0.4, 0.5) is 0 Å². The number of carbonyl (C=O) groups is 2. The van der Waals surface area contributed by atoms with Gasteiger partial charge in [0.2, 0.25) is 0 Å². The average Bonchev–Trinajstić information content (AvgIpc) is 2.98. The molecule has 188 valence electrons. The number of rotatable bonds is 0. The van der Waals surface area contributed by atoms with E-state index < -0.39 is 16.4 Å². The van der Waals surface area contributed by atoms with Crippen LogP contribution < -0.4 is 0 Å². The van der Waals surface area contributed by atoms with Crippen molar-refractivity contribution in [3.63, 3.8) is 0 Å². The fourth-order valence-corrected chi connectivity index (χ4v) is 11.1. The molecule has 6 rings (SSSR count). The molecule has 4 nitrogen and oxygen atoms in total. The van der Waals surface area contributed by atoms with Crippen molar-refractivity contribution in [2.24, 2.45) is 50.7 Å². The Bertz CT molecular complexity index is 1010. The van der Waals surface area contributed by atoms with E-state index in [1.165, 1.54) is 5.57 Å². The van der Waals surface area contributed by atoms with E-state index in [1.807, 2.05) is 6.08 Å². The minimum atomic E-state index is -1.03. The molecule has 5 fully saturated rings. The average molecular weight is 469 g/mol. The van der Waals surface area contributed by atoms with Crippen LogP contribution in [0.25, 0.3) is 0 Å². The van der Waals surface area contributed by atoms with Crippen molar-refractivity contribution in [1.29, 1.82) is 0 Å². The van der Waals surface area contributed by atoms with Gasteiger partial charge in [-0.1, -0.05) is 54.0 Å². The van der Waals surface area contributed by atoms with Crippen LogP contribution in [-0.2, 0) is 14.3 Å². The van der Waals surface area contributed by atoms with Crippen LogP contribution in [0.15, 0.2) is 11.6 Å². The number of aliphatic hydroxyl groups is 1. The van der Waals surface area contributed by atoms with Crippen LogP contribution in [0.3, 0.4) is 0 Å². The lowest BCUT2D eigenvalue weighted by Gasteiger charge is -2.70.